The molecule has 0 spiro atoms. The van der Waals surface area contributed by atoms with Crippen molar-refractivity contribution in [2.45, 2.75) is 30.2 Å². The van der Waals surface area contributed by atoms with Crippen molar-refractivity contribution in [1.82, 2.24) is 9.29 Å². The number of anilines is 1. The van der Waals surface area contributed by atoms with Crippen LogP contribution in [-0.2, 0) is 10.0 Å². The molecule has 5 rings (SSSR count). The first kappa shape index (κ1) is 17.8. The molecule has 2 heterocycles. The van der Waals surface area contributed by atoms with E-state index in [4.69, 9.17) is 0 Å². The Bertz CT molecular complexity index is 1120. The van der Waals surface area contributed by atoms with Crippen LogP contribution in [0.15, 0.2) is 53.4 Å². The minimum absolute atomic E-state index is 0. The summed E-state index contributed by atoms with van der Waals surface area (Å²) in [5, 5.41) is 1.13. The van der Waals surface area contributed by atoms with Crippen LogP contribution < -0.4 is 4.90 Å². The number of nitrogens with zero attached hydrogens (tertiary/aromatic N) is 2. The first-order valence-corrected chi connectivity index (χ1v) is 11.3. The van der Waals surface area contributed by atoms with E-state index in [0.717, 1.165) is 40.3 Å². The van der Waals surface area contributed by atoms with Crippen LogP contribution in [0.3, 0.4) is 0 Å². The largest absolute Gasteiger partial charge is 0.368 e. The lowest BCUT2D eigenvalue weighted by atomic mass is 10.0. The van der Waals surface area contributed by atoms with E-state index < -0.39 is 10.0 Å². The van der Waals surface area contributed by atoms with Crippen LogP contribution in [0, 0.1) is 5.92 Å². The second-order valence-corrected chi connectivity index (χ2v) is 10.4. The van der Waals surface area contributed by atoms with Gasteiger partial charge in [0.1, 0.15) is 0 Å². The third-order valence-electron chi connectivity index (χ3n) is 6.29. The van der Waals surface area contributed by atoms with Crippen molar-refractivity contribution in [3.05, 3.63) is 48.5 Å². The summed E-state index contributed by atoms with van der Waals surface area (Å²) in [7, 11) is -0.338. The lowest BCUT2D eigenvalue weighted by molar-refractivity contribution is 0.520. The average Bonchev–Trinajstić information content (AvgIpc) is 3.42. The van der Waals surface area contributed by atoms with Gasteiger partial charge in [0.25, 0.3) is 0 Å². The summed E-state index contributed by atoms with van der Waals surface area (Å²) < 4.78 is 26.8. The Morgan fingerprint density at radius 1 is 1.11 bits per heavy atom. The van der Waals surface area contributed by atoms with Crippen LogP contribution >= 0.6 is 0 Å². The smallest absolute Gasteiger partial charge is 0.242 e. The third-order valence-corrected chi connectivity index (χ3v) is 8.10. The summed E-state index contributed by atoms with van der Waals surface area (Å²) in [5.41, 5.74) is 4.13. The molecule has 3 aromatic rings. The summed E-state index contributed by atoms with van der Waals surface area (Å²) in [5.74, 6) is 0.769. The number of sulfonamides is 1. The van der Waals surface area contributed by atoms with E-state index in [1.165, 1.54) is 23.6 Å². The van der Waals surface area contributed by atoms with Gasteiger partial charge in [-0.2, -0.15) is 0 Å². The fourth-order valence-electron chi connectivity index (χ4n) is 4.79. The lowest BCUT2D eigenvalue weighted by Crippen LogP contribution is -2.32. The van der Waals surface area contributed by atoms with E-state index in [0.29, 0.717) is 10.9 Å². The number of benzene rings is 2. The molecule has 5 nitrogen and oxygen atoms in total. The summed E-state index contributed by atoms with van der Waals surface area (Å²) in [6.45, 7) is 1.07. The molecule has 0 radical (unpaired) electrons. The first-order valence-electron chi connectivity index (χ1n) is 9.85. The Labute approximate surface area is 167 Å². The highest BCUT2D eigenvalue weighted by atomic mass is 32.2. The molecule has 2 atom stereocenters. The van der Waals surface area contributed by atoms with Crippen molar-refractivity contribution in [3.63, 3.8) is 0 Å². The van der Waals surface area contributed by atoms with E-state index in [1.807, 2.05) is 24.3 Å². The zero-order chi connectivity index (χ0) is 19.5. The van der Waals surface area contributed by atoms with Gasteiger partial charge in [0, 0.05) is 56.0 Å². The Morgan fingerprint density at radius 2 is 1.93 bits per heavy atom. The third kappa shape index (κ3) is 2.74. The van der Waals surface area contributed by atoms with Gasteiger partial charge < -0.3 is 9.88 Å². The Kier molecular flexibility index (Phi) is 4.03. The molecular weight excluding hydrogens is 370 g/mol. The molecule has 2 aromatic carbocycles. The van der Waals surface area contributed by atoms with E-state index in [1.54, 1.807) is 20.2 Å². The monoisotopic (exact) mass is 397 g/mol. The van der Waals surface area contributed by atoms with Crippen molar-refractivity contribution in [2.75, 3.05) is 25.5 Å². The topological polar surface area (TPSA) is 56.4 Å². The molecule has 0 amide bonds. The second-order valence-electron chi connectivity index (χ2n) is 8.22. The summed E-state index contributed by atoms with van der Waals surface area (Å²) in [6.07, 6.45) is 3.80. The van der Waals surface area contributed by atoms with Gasteiger partial charge in [-0.3, -0.25) is 0 Å². The molecule has 2 bridgehead atoms. The number of hydrogen-bond acceptors (Lipinski definition) is 3. The maximum atomic E-state index is 12.7. The number of piperidine rings is 1. The zero-order valence-corrected chi connectivity index (χ0v) is 17.0. The molecule has 1 saturated carbocycles. The number of aromatic amines is 1. The number of H-pyrrole nitrogens is 1. The Balaban J connectivity index is 0.00000205. The predicted molar refractivity (Wildman–Crippen MR) is 115 cm³/mol. The number of rotatable bonds is 4. The maximum absolute atomic E-state index is 12.7. The van der Waals surface area contributed by atoms with Crippen molar-refractivity contribution >= 4 is 26.6 Å². The highest BCUT2D eigenvalue weighted by molar-refractivity contribution is 7.89. The van der Waals surface area contributed by atoms with E-state index >= 15 is 0 Å². The summed E-state index contributed by atoms with van der Waals surface area (Å²) >= 11 is 0. The molecule has 2 unspecified atom stereocenters. The van der Waals surface area contributed by atoms with Gasteiger partial charge in [0.2, 0.25) is 10.0 Å². The number of para-hydroxylation sites is 1. The van der Waals surface area contributed by atoms with Gasteiger partial charge in [-0.1, -0.05) is 18.2 Å². The van der Waals surface area contributed by atoms with Crippen LogP contribution in [-0.4, -0.2) is 44.4 Å². The fraction of sp³-hybridized carbons (Fsp3) is 0.364. The lowest BCUT2D eigenvalue weighted by Gasteiger charge is -2.31. The predicted octanol–water partition coefficient (Wildman–Crippen LogP) is 4.32. The number of aromatic nitrogens is 1. The van der Waals surface area contributed by atoms with Gasteiger partial charge in [0.15, 0.2) is 0 Å². The highest BCUT2D eigenvalue weighted by Crippen LogP contribution is 2.44. The Morgan fingerprint density at radius 3 is 2.61 bits per heavy atom. The van der Waals surface area contributed by atoms with Crippen molar-refractivity contribution in [2.24, 2.45) is 5.92 Å². The van der Waals surface area contributed by atoms with E-state index in [2.05, 4.69) is 28.1 Å². The highest BCUT2D eigenvalue weighted by Gasteiger charge is 2.39. The quantitative estimate of drug-likeness (QED) is 0.713. The number of hydrogen-bond donors (Lipinski definition) is 1. The minimum Gasteiger partial charge on any atom is -0.368 e. The van der Waals surface area contributed by atoms with Gasteiger partial charge in [0.05, 0.1) is 4.90 Å². The molecule has 6 heteroatoms. The molecule has 1 saturated heterocycles. The zero-order valence-electron chi connectivity index (χ0n) is 16.2. The molecule has 1 aliphatic heterocycles. The Hall–Kier alpha value is -2.31. The molecule has 2 aliphatic rings. The number of fused-ring (bicyclic) bond motifs is 3. The molecule has 148 valence electrons. The van der Waals surface area contributed by atoms with Gasteiger partial charge >= 0.3 is 0 Å². The van der Waals surface area contributed by atoms with Crippen LogP contribution in [0.1, 0.15) is 20.7 Å². The average molecular weight is 398 g/mol. The minimum atomic E-state index is -3.49. The normalized spacial score (nSPS) is 21.9. The second kappa shape index (κ2) is 6.36. The van der Waals surface area contributed by atoms with E-state index in [9.17, 15) is 8.42 Å². The van der Waals surface area contributed by atoms with Gasteiger partial charge in [-0.15, -0.1) is 0 Å². The molecule has 2 fully saturated rings. The van der Waals surface area contributed by atoms with Crippen molar-refractivity contribution < 1.29 is 9.84 Å². The fourth-order valence-corrected chi connectivity index (χ4v) is 5.72. The first-order chi connectivity index (χ1) is 13.4. The summed E-state index contributed by atoms with van der Waals surface area (Å²) in [6, 6.07) is 16.4. The molecular formula is C22H27N3O2S. The van der Waals surface area contributed by atoms with Crippen LogP contribution in [0.4, 0.5) is 5.69 Å². The summed E-state index contributed by atoms with van der Waals surface area (Å²) in [4.78, 5) is 6.31. The number of nitrogens with one attached hydrogen (secondary N) is 1. The van der Waals surface area contributed by atoms with Crippen LogP contribution in [0.2, 0.25) is 0 Å². The van der Waals surface area contributed by atoms with Crippen LogP contribution in [0.25, 0.3) is 22.2 Å². The van der Waals surface area contributed by atoms with Crippen molar-refractivity contribution in [3.8, 4) is 11.3 Å². The van der Waals surface area contributed by atoms with Crippen molar-refractivity contribution in [1.29, 1.82) is 0 Å². The molecule has 1 N–H and O–H groups in total. The molecule has 1 aromatic heterocycles. The standard InChI is InChI=1S/C22H25N3O2S.H2/c1-24(2)28(26,27)18-9-10-22(25-14-15-7-8-17(25)11-15)19(13-18)21-12-16-5-3-4-6-20(16)23-21;/h3-6,9-10,12-13,15,17,23H,7-8,11,14H2,1-2H3;1H. The SMILES string of the molecule is CN(C)S(=O)(=O)c1ccc(N2CC3CCC2C3)c(-c2cc3ccccc3[nH]2)c1.[HH]. The van der Waals surface area contributed by atoms with Gasteiger partial charge in [-0.05, 0) is 55.5 Å². The van der Waals surface area contributed by atoms with E-state index in [-0.39, 0.29) is 1.43 Å². The molecule has 28 heavy (non-hydrogen) atoms. The maximum Gasteiger partial charge on any atom is 0.242 e. The van der Waals surface area contributed by atoms with Crippen LogP contribution in [0.5, 0.6) is 0 Å². The van der Waals surface area contributed by atoms with Gasteiger partial charge in [-0.25, -0.2) is 12.7 Å². The molecule has 1 aliphatic carbocycles.